The van der Waals surface area contributed by atoms with Gasteiger partial charge in [0.15, 0.2) is 0 Å². The number of allylic oxidation sites excluding steroid dienone is 1. The van der Waals surface area contributed by atoms with Crippen molar-refractivity contribution in [3.05, 3.63) is 48.2 Å². The zero-order valence-corrected chi connectivity index (χ0v) is 18.5. The number of hydrogen-bond acceptors (Lipinski definition) is 8. The Morgan fingerprint density at radius 3 is 2.70 bits per heavy atom. The molecule has 0 amide bonds. The van der Waals surface area contributed by atoms with E-state index in [1.165, 1.54) is 6.08 Å². The van der Waals surface area contributed by atoms with Crippen LogP contribution in [-0.2, 0) is 9.53 Å². The van der Waals surface area contributed by atoms with Gasteiger partial charge in [-0.25, -0.2) is 4.68 Å². The molecular weight excluding hydrogens is 401 g/mol. The van der Waals surface area contributed by atoms with Crippen LogP contribution in [0.2, 0.25) is 0 Å². The van der Waals surface area contributed by atoms with E-state index in [2.05, 4.69) is 10.3 Å². The molecule has 152 valence electrons. The van der Waals surface area contributed by atoms with Gasteiger partial charge in [0.1, 0.15) is 35.6 Å². The molecule has 1 aliphatic rings. The van der Waals surface area contributed by atoms with E-state index in [0.29, 0.717) is 11.0 Å². The third-order valence-corrected chi connectivity index (χ3v) is 5.41. The summed E-state index contributed by atoms with van der Waals surface area (Å²) in [5.74, 6) is -2.51. The molecule has 1 aromatic heterocycles. The van der Waals surface area contributed by atoms with Gasteiger partial charge in [-0.2, -0.15) is 0 Å². The molecule has 9 nitrogen and oxygen atoms in total. The number of fused-ring (bicyclic) bond motifs is 3. The predicted octanol–water partition coefficient (Wildman–Crippen LogP) is -3.49. The fourth-order valence-corrected chi connectivity index (χ4v) is 3.81. The molecule has 0 saturated carbocycles. The number of aliphatic carboxylic acids is 1. The average Bonchev–Trinajstić information content (AvgIpc) is 3.17. The number of carboxylic acids is 1. The summed E-state index contributed by atoms with van der Waals surface area (Å²) in [7, 11) is 0. The first-order valence-corrected chi connectivity index (χ1v) is 9.22. The fraction of sp³-hybridized carbons (Fsp3) is 0.350. The minimum atomic E-state index is -1.55. The summed E-state index contributed by atoms with van der Waals surface area (Å²) in [6.45, 7) is 1.04. The predicted molar refractivity (Wildman–Crippen MR) is 100 cm³/mol. The van der Waals surface area contributed by atoms with Crippen molar-refractivity contribution >= 4 is 27.8 Å². The summed E-state index contributed by atoms with van der Waals surface area (Å²) < 4.78 is 6.94. The van der Waals surface area contributed by atoms with E-state index in [1.54, 1.807) is 11.6 Å². The first-order valence-electron chi connectivity index (χ1n) is 9.22. The first kappa shape index (κ1) is 22.7. The van der Waals surface area contributed by atoms with E-state index in [-0.39, 0.29) is 29.6 Å². The van der Waals surface area contributed by atoms with Crippen LogP contribution >= 0.6 is 0 Å². The van der Waals surface area contributed by atoms with Crippen LogP contribution in [0, 0.1) is 5.92 Å². The Bertz CT molecular complexity index is 1100. The van der Waals surface area contributed by atoms with Crippen molar-refractivity contribution in [2.45, 2.75) is 31.3 Å². The molecule has 1 aliphatic heterocycles. The zero-order valence-electron chi connectivity index (χ0n) is 16.5. The van der Waals surface area contributed by atoms with Gasteiger partial charge >= 0.3 is 29.6 Å². The molecule has 5 atom stereocenters. The number of ether oxygens (including phenoxy) is 1. The molecule has 2 aromatic carbocycles. The molecule has 10 heteroatoms. The second-order valence-electron chi connectivity index (χ2n) is 7.18. The summed E-state index contributed by atoms with van der Waals surface area (Å²) in [5.41, 5.74) is 1.35. The van der Waals surface area contributed by atoms with Crippen molar-refractivity contribution in [1.82, 2.24) is 15.0 Å². The zero-order chi connectivity index (χ0) is 20.7. The van der Waals surface area contributed by atoms with Crippen LogP contribution in [0.25, 0.3) is 21.8 Å². The molecule has 30 heavy (non-hydrogen) atoms. The maximum atomic E-state index is 11.5. The summed E-state index contributed by atoms with van der Waals surface area (Å²) >= 11 is 0. The molecule has 0 fully saturated rings. The van der Waals surface area contributed by atoms with E-state index in [1.807, 2.05) is 36.4 Å². The Morgan fingerprint density at radius 1 is 1.27 bits per heavy atom. The van der Waals surface area contributed by atoms with Gasteiger partial charge in [-0.15, -0.1) is 5.10 Å². The number of carbonyl (C=O) groups is 1. The second-order valence-corrected chi connectivity index (χ2v) is 7.18. The Hall–Kier alpha value is -2.01. The Labute approximate surface area is 193 Å². The number of aromatic nitrogens is 3. The van der Waals surface area contributed by atoms with Crippen LogP contribution in [0.15, 0.2) is 48.2 Å². The van der Waals surface area contributed by atoms with Gasteiger partial charge in [0.2, 0.25) is 0 Å². The van der Waals surface area contributed by atoms with E-state index < -0.39 is 48.6 Å². The molecule has 0 radical (unpaired) electrons. The summed E-state index contributed by atoms with van der Waals surface area (Å²) in [6, 6.07) is 10.8. The third-order valence-electron chi connectivity index (χ3n) is 5.41. The molecule has 2 heterocycles. The van der Waals surface area contributed by atoms with Gasteiger partial charge in [0, 0.05) is 11.3 Å². The molecule has 3 aromatic rings. The van der Waals surface area contributed by atoms with Gasteiger partial charge in [-0.3, -0.25) is 0 Å². The van der Waals surface area contributed by atoms with E-state index in [4.69, 9.17) is 9.84 Å². The van der Waals surface area contributed by atoms with E-state index >= 15 is 0 Å². The van der Waals surface area contributed by atoms with Crippen LogP contribution in [0.5, 0.6) is 0 Å². The number of nitrogens with zero attached hydrogens (tertiary/aromatic N) is 3. The normalized spacial score (nSPS) is 23.3. The van der Waals surface area contributed by atoms with Gasteiger partial charge in [-0.1, -0.05) is 42.5 Å². The van der Waals surface area contributed by atoms with E-state index in [0.717, 1.165) is 10.8 Å². The maximum absolute atomic E-state index is 11.5. The smallest absolute Gasteiger partial charge is 0.542 e. The van der Waals surface area contributed by atoms with Crippen LogP contribution in [0.1, 0.15) is 13.0 Å². The minimum absolute atomic E-state index is 0. The Balaban J connectivity index is 0.00000256. The van der Waals surface area contributed by atoms with Crippen molar-refractivity contribution < 1.29 is 59.5 Å². The number of carboxylic acid groups (broad SMARTS) is 1. The van der Waals surface area contributed by atoms with Crippen LogP contribution in [0.3, 0.4) is 0 Å². The second kappa shape index (κ2) is 9.01. The molecule has 0 unspecified atom stereocenters. The molecule has 0 spiro atoms. The van der Waals surface area contributed by atoms with Crippen molar-refractivity contribution in [3.63, 3.8) is 0 Å². The number of carbonyl (C=O) groups excluding carboxylic acids is 1. The molecule has 0 saturated heterocycles. The quantitative estimate of drug-likeness (QED) is 0.361. The van der Waals surface area contributed by atoms with Crippen molar-refractivity contribution in [1.29, 1.82) is 0 Å². The van der Waals surface area contributed by atoms with Gasteiger partial charge < -0.3 is 30.0 Å². The SMILES string of the molecule is C[C@H]1[C@H]([C@H](O)[C@H](O)CO)OC(C(=O)[O-])=C[C@@H]1n1nnc2c3ccccc3ccc21.[Na+]. The first-order chi connectivity index (χ1) is 13.9. The number of aliphatic hydroxyl groups excluding tert-OH is 3. The van der Waals surface area contributed by atoms with Gasteiger partial charge in [0.25, 0.3) is 0 Å². The summed E-state index contributed by atoms with van der Waals surface area (Å²) in [6.07, 6.45) is -2.73. The Morgan fingerprint density at radius 2 is 2.00 bits per heavy atom. The van der Waals surface area contributed by atoms with Gasteiger partial charge in [0.05, 0.1) is 18.2 Å². The van der Waals surface area contributed by atoms with Crippen molar-refractivity contribution in [2.24, 2.45) is 5.92 Å². The molecule has 3 N–H and O–H groups in total. The maximum Gasteiger partial charge on any atom is 1.00 e. The number of benzene rings is 2. The number of rotatable bonds is 5. The van der Waals surface area contributed by atoms with Crippen LogP contribution in [-0.4, -0.2) is 61.2 Å². The van der Waals surface area contributed by atoms with Crippen LogP contribution < -0.4 is 34.7 Å². The average molecular weight is 421 g/mol. The fourth-order valence-electron chi connectivity index (χ4n) is 3.81. The molecule has 0 bridgehead atoms. The Kier molecular flexibility index (Phi) is 6.81. The van der Waals surface area contributed by atoms with Crippen molar-refractivity contribution in [3.8, 4) is 0 Å². The van der Waals surface area contributed by atoms with Gasteiger partial charge in [-0.05, 0) is 17.5 Å². The number of aliphatic hydroxyl groups is 3. The molecular formula is C20H20N3NaO6. The standard InChI is InChI=1S/C20H21N3O6.Na/c1-10-14(8-16(20(27)28)29-19(10)18(26)15(25)9-24)23-13-7-6-11-4-2-3-5-12(11)17(13)21-22-23;/h2-8,10,14-15,18-19,24-26H,9H2,1H3,(H,27,28);/q;+1/p-1/t10-,14+,15-,18-,19-;/m1./s1. The topological polar surface area (TPSA) is 141 Å². The van der Waals surface area contributed by atoms with Crippen molar-refractivity contribution in [2.75, 3.05) is 6.61 Å². The largest absolute Gasteiger partial charge is 1.00 e. The van der Waals surface area contributed by atoms with E-state index in [9.17, 15) is 20.1 Å². The molecule has 0 aliphatic carbocycles. The third kappa shape index (κ3) is 3.84. The minimum Gasteiger partial charge on any atom is -0.542 e. The molecule has 4 rings (SSSR count). The van der Waals surface area contributed by atoms with Crippen LogP contribution in [0.4, 0.5) is 0 Å². The summed E-state index contributed by atoms with van der Waals surface area (Å²) in [4.78, 5) is 11.5. The summed E-state index contributed by atoms with van der Waals surface area (Å²) in [5, 5.41) is 51.2. The number of hydrogen-bond donors (Lipinski definition) is 3. The monoisotopic (exact) mass is 421 g/mol.